The van der Waals surface area contributed by atoms with Crippen molar-refractivity contribution in [3.05, 3.63) is 89.2 Å². The van der Waals surface area contributed by atoms with E-state index in [0.717, 1.165) is 24.2 Å². The Balaban J connectivity index is 0.00000506. The Hall–Kier alpha value is -3.06. The molecule has 2 atom stereocenters. The second-order valence-corrected chi connectivity index (χ2v) is 12.5. The van der Waals surface area contributed by atoms with Gasteiger partial charge in [0.2, 0.25) is 0 Å². The second-order valence-electron chi connectivity index (χ2n) is 10.4. The van der Waals surface area contributed by atoms with Gasteiger partial charge in [0.1, 0.15) is 11.6 Å². The van der Waals surface area contributed by atoms with E-state index in [0.29, 0.717) is 42.1 Å². The molecule has 0 radical (unpaired) electrons. The molecule has 12 heteroatoms. The van der Waals surface area contributed by atoms with Crippen molar-refractivity contribution in [3.63, 3.8) is 0 Å². The molecule has 1 heterocycles. The summed E-state index contributed by atoms with van der Waals surface area (Å²) in [5.41, 5.74) is 3.13. The van der Waals surface area contributed by atoms with Crippen LogP contribution in [0.3, 0.4) is 0 Å². The number of amides is 1. The summed E-state index contributed by atoms with van der Waals surface area (Å²) in [6.07, 6.45) is 0.754. The average molecular weight is 637 g/mol. The molecular weight excluding hydrogens is 595 g/mol. The number of aliphatic hydroxyl groups is 1. The SMILES string of the molecule is CCNc1cc(C(=O)N[C@@H](Cc2cccc(F)c2)[C@@H](O)CNCc2cccc(OC)c2)cc(N2CCCCS2(O)O)c1.Cl. The lowest BCUT2D eigenvalue weighted by molar-refractivity contribution is 0.0830. The second kappa shape index (κ2) is 16.1. The maximum atomic E-state index is 14.0. The summed E-state index contributed by atoms with van der Waals surface area (Å²) < 4.78 is 42.2. The molecule has 236 valence electrons. The Kier molecular flexibility index (Phi) is 12.9. The zero-order valence-electron chi connectivity index (χ0n) is 24.5. The summed E-state index contributed by atoms with van der Waals surface area (Å²) in [6.45, 7) is 3.67. The number of anilines is 2. The van der Waals surface area contributed by atoms with Crippen LogP contribution in [-0.2, 0) is 13.0 Å². The van der Waals surface area contributed by atoms with Gasteiger partial charge in [-0.15, -0.1) is 23.2 Å². The van der Waals surface area contributed by atoms with Crippen molar-refractivity contribution in [2.75, 3.05) is 42.1 Å². The molecule has 0 spiro atoms. The number of benzene rings is 3. The molecule has 1 amide bonds. The van der Waals surface area contributed by atoms with Gasteiger partial charge in [0.05, 0.1) is 30.7 Å². The molecule has 0 bridgehead atoms. The number of hydrogen-bond donors (Lipinski definition) is 6. The largest absolute Gasteiger partial charge is 0.497 e. The van der Waals surface area contributed by atoms with Crippen LogP contribution in [0.25, 0.3) is 0 Å². The van der Waals surface area contributed by atoms with Crippen LogP contribution in [0.15, 0.2) is 66.7 Å². The van der Waals surface area contributed by atoms with E-state index in [1.165, 1.54) is 12.1 Å². The zero-order valence-corrected chi connectivity index (χ0v) is 26.1. The first-order valence-electron chi connectivity index (χ1n) is 14.2. The van der Waals surface area contributed by atoms with E-state index in [1.54, 1.807) is 41.7 Å². The van der Waals surface area contributed by atoms with Crippen LogP contribution in [0.2, 0.25) is 0 Å². The van der Waals surface area contributed by atoms with Crippen LogP contribution in [0, 0.1) is 5.82 Å². The number of rotatable bonds is 13. The minimum Gasteiger partial charge on any atom is -0.497 e. The quantitative estimate of drug-likeness (QED) is 0.146. The number of nitrogens with zero attached hydrogens (tertiary/aromatic N) is 1. The number of carbonyl (C=O) groups is 1. The third kappa shape index (κ3) is 9.72. The molecule has 1 fully saturated rings. The number of aliphatic hydroxyl groups excluding tert-OH is 1. The summed E-state index contributed by atoms with van der Waals surface area (Å²) in [5, 5.41) is 20.6. The minimum absolute atomic E-state index is 0. The Bertz CT molecular complexity index is 1350. The first kappa shape index (κ1) is 34.4. The van der Waals surface area contributed by atoms with Crippen LogP contribution < -0.4 is 25.0 Å². The van der Waals surface area contributed by atoms with Crippen LogP contribution in [0.4, 0.5) is 15.8 Å². The van der Waals surface area contributed by atoms with Crippen LogP contribution in [0.5, 0.6) is 5.75 Å². The lowest BCUT2D eigenvalue weighted by atomic mass is 10.00. The highest BCUT2D eigenvalue weighted by atomic mass is 35.5. The van der Waals surface area contributed by atoms with Crippen molar-refractivity contribution in [2.24, 2.45) is 0 Å². The smallest absolute Gasteiger partial charge is 0.251 e. The number of methoxy groups -OCH3 is 1. The van der Waals surface area contributed by atoms with E-state index in [2.05, 4.69) is 16.0 Å². The van der Waals surface area contributed by atoms with E-state index in [9.17, 15) is 23.4 Å². The van der Waals surface area contributed by atoms with Gasteiger partial charge < -0.3 is 25.8 Å². The molecule has 1 saturated heterocycles. The van der Waals surface area contributed by atoms with Gasteiger partial charge in [0.25, 0.3) is 5.91 Å². The molecule has 1 aliphatic heterocycles. The summed E-state index contributed by atoms with van der Waals surface area (Å²) >= 11 is 0. The highest BCUT2D eigenvalue weighted by Crippen LogP contribution is 2.50. The average Bonchev–Trinajstić information content (AvgIpc) is 2.96. The monoisotopic (exact) mass is 636 g/mol. The van der Waals surface area contributed by atoms with Gasteiger partial charge in [-0.1, -0.05) is 24.3 Å². The first-order chi connectivity index (χ1) is 20.2. The van der Waals surface area contributed by atoms with Crippen LogP contribution >= 0.6 is 23.2 Å². The van der Waals surface area contributed by atoms with E-state index >= 15 is 0 Å². The summed E-state index contributed by atoms with van der Waals surface area (Å²) in [4.78, 5) is 13.6. The minimum atomic E-state index is -2.99. The number of ether oxygens (including phenoxy) is 1. The Morgan fingerprint density at radius 1 is 1.07 bits per heavy atom. The van der Waals surface area contributed by atoms with Gasteiger partial charge in [0, 0.05) is 37.4 Å². The molecule has 0 unspecified atom stereocenters. The van der Waals surface area contributed by atoms with E-state index in [-0.39, 0.29) is 31.1 Å². The Morgan fingerprint density at radius 2 is 1.84 bits per heavy atom. The maximum absolute atomic E-state index is 14.0. The predicted molar refractivity (Wildman–Crippen MR) is 174 cm³/mol. The number of halogens is 2. The fourth-order valence-electron chi connectivity index (χ4n) is 5.04. The van der Waals surface area contributed by atoms with Gasteiger partial charge in [-0.3, -0.25) is 18.2 Å². The first-order valence-corrected chi connectivity index (χ1v) is 15.9. The standard InChI is InChI=1S/C31H41FN4O5S.ClH/c1-3-34-26-17-24(18-27(19-26)36-12-4-5-13-42(36,39)40)31(38)35-29(16-22-8-6-10-25(32)14-22)30(37)21-33-20-23-9-7-11-28(15-23)41-2;/h6-11,14-15,17-19,29-30,33-34,37,39-40H,3-5,12-13,16,20-21H2,1-2H3,(H,35,38);1H/t29-,30-;/m0./s1. The van der Waals surface area contributed by atoms with Gasteiger partial charge in [-0.25, -0.2) is 4.39 Å². The molecule has 3 aromatic carbocycles. The number of carbonyl (C=O) groups excluding carboxylic acids is 1. The van der Waals surface area contributed by atoms with E-state index in [4.69, 9.17) is 4.74 Å². The molecule has 9 nitrogen and oxygen atoms in total. The Morgan fingerprint density at radius 3 is 2.56 bits per heavy atom. The molecule has 3 aromatic rings. The van der Waals surface area contributed by atoms with Crippen molar-refractivity contribution >= 4 is 40.5 Å². The normalized spacial score (nSPS) is 16.4. The molecular formula is C31H42ClFN4O5S. The van der Waals surface area contributed by atoms with Gasteiger partial charge in [-0.2, -0.15) is 0 Å². The van der Waals surface area contributed by atoms with E-state index in [1.807, 2.05) is 31.2 Å². The number of nitrogens with one attached hydrogen (secondary N) is 3. The highest BCUT2D eigenvalue weighted by Gasteiger charge is 2.28. The van der Waals surface area contributed by atoms with E-state index < -0.39 is 34.6 Å². The zero-order chi connectivity index (χ0) is 30.1. The van der Waals surface area contributed by atoms with Gasteiger partial charge >= 0.3 is 0 Å². The van der Waals surface area contributed by atoms with Crippen LogP contribution in [0.1, 0.15) is 41.3 Å². The van der Waals surface area contributed by atoms with Crippen molar-refractivity contribution in [2.45, 2.75) is 44.9 Å². The van der Waals surface area contributed by atoms with Gasteiger partial charge in [0.15, 0.2) is 0 Å². The molecule has 0 aliphatic carbocycles. The predicted octanol–water partition coefficient (Wildman–Crippen LogP) is 5.45. The lowest BCUT2D eigenvalue weighted by Crippen LogP contribution is -2.48. The molecule has 4 rings (SSSR count). The van der Waals surface area contributed by atoms with Crippen molar-refractivity contribution in [1.82, 2.24) is 10.6 Å². The topological polar surface area (TPSA) is 126 Å². The molecule has 43 heavy (non-hydrogen) atoms. The third-order valence-corrected chi connectivity index (χ3v) is 9.11. The van der Waals surface area contributed by atoms with Crippen molar-refractivity contribution < 1.29 is 28.1 Å². The van der Waals surface area contributed by atoms with Gasteiger partial charge in [-0.05, 0) is 79.8 Å². The summed E-state index contributed by atoms with van der Waals surface area (Å²) in [5.74, 6) is 0.186. The van der Waals surface area contributed by atoms with Crippen molar-refractivity contribution in [1.29, 1.82) is 0 Å². The van der Waals surface area contributed by atoms with Crippen LogP contribution in [-0.4, -0.2) is 64.8 Å². The maximum Gasteiger partial charge on any atom is 0.251 e. The highest BCUT2D eigenvalue weighted by molar-refractivity contribution is 8.25. The molecule has 0 aromatic heterocycles. The van der Waals surface area contributed by atoms with Crippen molar-refractivity contribution in [3.8, 4) is 5.75 Å². The third-order valence-electron chi connectivity index (χ3n) is 7.17. The lowest BCUT2D eigenvalue weighted by Gasteiger charge is -2.47. The Labute approximate surface area is 260 Å². The molecule has 1 aliphatic rings. The molecule has 6 N–H and O–H groups in total. The fraction of sp³-hybridized carbons (Fsp3) is 0.387. The summed E-state index contributed by atoms with van der Waals surface area (Å²) in [6, 6.07) is 18.1. The fourth-order valence-corrected chi connectivity index (χ4v) is 6.72. The molecule has 0 saturated carbocycles. The summed E-state index contributed by atoms with van der Waals surface area (Å²) in [7, 11) is -1.39. The number of hydrogen-bond acceptors (Lipinski definition) is 8.